The van der Waals surface area contributed by atoms with E-state index in [9.17, 15) is 0 Å². The van der Waals surface area contributed by atoms with Crippen molar-refractivity contribution in [2.75, 3.05) is 7.05 Å². The van der Waals surface area contributed by atoms with E-state index in [1.54, 1.807) is 7.05 Å². The van der Waals surface area contributed by atoms with Crippen LogP contribution in [0.4, 0.5) is 0 Å². The second-order valence-electron chi connectivity index (χ2n) is 3.50. The Bertz CT molecular complexity index is 389. The third-order valence-electron chi connectivity index (χ3n) is 2.11. The van der Waals surface area contributed by atoms with E-state index in [0.29, 0.717) is 0 Å². The summed E-state index contributed by atoms with van der Waals surface area (Å²) in [7, 11) is 1.78. The van der Waals surface area contributed by atoms with Gasteiger partial charge in [0.25, 0.3) is 0 Å². The fourth-order valence-electron chi connectivity index (χ4n) is 1.42. The molecule has 1 aromatic rings. The lowest BCUT2D eigenvalue weighted by Gasteiger charge is -2.08. The van der Waals surface area contributed by atoms with Crippen molar-refractivity contribution in [3.05, 3.63) is 41.2 Å². The lowest BCUT2D eigenvalue weighted by Crippen LogP contribution is -2.06. The van der Waals surface area contributed by atoms with Crippen LogP contribution in [-0.2, 0) is 0 Å². The molecule has 0 saturated heterocycles. The zero-order valence-electron chi connectivity index (χ0n) is 9.26. The third-order valence-corrected chi connectivity index (χ3v) is 2.11. The Morgan fingerprint density at radius 1 is 1.43 bits per heavy atom. The summed E-state index contributed by atoms with van der Waals surface area (Å²) in [5, 5.41) is 0. The molecule has 0 atom stereocenters. The molecule has 14 heavy (non-hydrogen) atoms. The van der Waals surface area contributed by atoms with Gasteiger partial charge in [-0.05, 0) is 38.0 Å². The molecular weight excluding hydrogens is 172 g/mol. The van der Waals surface area contributed by atoms with Gasteiger partial charge in [0, 0.05) is 24.5 Å². The fraction of sp³-hybridized carbons (Fsp3) is 0.333. The molecule has 0 N–H and O–H groups in total. The smallest absolute Gasteiger partial charge is 0.0684 e. The van der Waals surface area contributed by atoms with Crippen LogP contribution in [0.1, 0.15) is 23.7 Å². The zero-order chi connectivity index (χ0) is 10.7. The first-order valence-electron chi connectivity index (χ1n) is 4.62. The molecule has 0 fully saturated rings. The second kappa shape index (κ2) is 4.18. The van der Waals surface area contributed by atoms with E-state index in [0.717, 1.165) is 28.1 Å². The van der Waals surface area contributed by atoms with Crippen molar-refractivity contribution in [1.29, 1.82) is 0 Å². The van der Waals surface area contributed by atoms with Gasteiger partial charge in [0.2, 0.25) is 0 Å². The van der Waals surface area contributed by atoms with Gasteiger partial charge in [0.1, 0.15) is 0 Å². The molecule has 0 aromatic carbocycles. The van der Waals surface area contributed by atoms with Crippen LogP contribution < -0.4 is 0 Å². The highest BCUT2D eigenvalue weighted by Gasteiger charge is 2.07. The molecule has 0 amide bonds. The van der Waals surface area contributed by atoms with Crippen LogP contribution >= 0.6 is 0 Å². The molecule has 0 bridgehead atoms. The number of hydrogen-bond acceptors (Lipinski definition) is 2. The Morgan fingerprint density at radius 2 is 2.07 bits per heavy atom. The van der Waals surface area contributed by atoms with Gasteiger partial charge in [-0.2, -0.15) is 0 Å². The molecule has 0 aliphatic rings. The molecule has 0 aliphatic heterocycles. The van der Waals surface area contributed by atoms with Crippen LogP contribution in [0.25, 0.3) is 0 Å². The Hall–Kier alpha value is -1.44. The van der Waals surface area contributed by atoms with Crippen molar-refractivity contribution in [2.24, 2.45) is 4.99 Å². The van der Waals surface area contributed by atoms with E-state index in [1.807, 2.05) is 27.0 Å². The summed E-state index contributed by atoms with van der Waals surface area (Å²) >= 11 is 0. The maximum absolute atomic E-state index is 4.31. The standard InChI is InChI=1S/C12H16N2/c1-8(2)12(13-5)11-6-9(3)7-14-10(11)4/h6-7H,1H2,2-5H3/b13-12-. The molecule has 1 aromatic heterocycles. The molecular formula is C12H16N2. The average molecular weight is 188 g/mol. The summed E-state index contributed by atoms with van der Waals surface area (Å²) in [4.78, 5) is 8.54. The van der Waals surface area contributed by atoms with Crippen LogP contribution in [0, 0.1) is 13.8 Å². The van der Waals surface area contributed by atoms with E-state index in [4.69, 9.17) is 0 Å². The third kappa shape index (κ3) is 2.08. The van der Waals surface area contributed by atoms with Gasteiger partial charge in [0.05, 0.1) is 5.71 Å². The quantitative estimate of drug-likeness (QED) is 0.655. The van der Waals surface area contributed by atoms with Crippen molar-refractivity contribution >= 4 is 5.71 Å². The topological polar surface area (TPSA) is 25.2 Å². The Kier molecular flexibility index (Phi) is 3.18. The SMILES string of the molecule is C=C(C)/C(=N/C)c1cc(C)cnc1C. The molecule has 0 saturated carbocycles. The number of allylic oxidation sites excluding steroid dienone is 1. The predicted octanol–water partition coefficient (Wildman–Crippen LogP) is 2.69. The van der Waals surface area contributed by atoms with Crippen molar-refractivity contribution in [2.45, 2.75) is 20.8 Å². The monoisotopic (exact) mass is 188 g/mol. The minimum atomic E-state index is 0.943. The summed E-state index contributed by atoms with van der Waals surface area (Å²) < 4.78 is 0. The average Bonchev–Trinajstić information content (AvgIpc) is 2.11. The maximum Gasteiger partial charge on any atom is 0.0684 e. The van der Waals surface area contributed by atoms with Gasteiger partial charge in [-0.25, -0.2) is 0 Å². The summed E-state index contributed by atoms with van der Waals surface area (Å²) in [5.41, 5.74) is 5.15. The Balaban J connectivity index is 3.30. The molecule has 2 heteroatoms. The van der Waals surface area contributed by atoms with Crippen molar-refractivity contribution in [3.63, 3.8) is 0 Å². The molecule has 0 spiro atoms. The Morgan fingerprint density at radius 3 is 2.57 bits per heavy atom. The van der Waals surface area contributed by atoms with Crippen LogP contribution in [0.3, 0.4) is 0 Å². The van der Waals surface area contributed by atoms with Gasteiger partial charge < -0.3 is 0 Å². The number of hydrogen-bond donors (Lipinski definition) is 0. The van der Waals surface area contributed by atoms with E-state index in [-0.39, 0.29) is 0 Å². The van der Waals surface area contributed by atoms with E-state index < -0.39 is 0 Å². The number of aromatic nitrogens is 1. The lowest BCUT2D eigenvalue weighted by atomic mass is 10.0. The molecule has 2 nitrogen and oxygen atoms in total. The first kappa shape index (κ1) is 10.6. The number of nitrogens with zero attached hydrogens (tertiary/aromatic N) is 2. The van der Waals surface area contributed by atoms with E-state index in [2.05, 4.69) is 22.6 Å². The first-order chi connectivity index (χ1) is 6.56. The van der Waals surface area contributed by atoms with Gasteiger partial charge in [-0.1, -0.05) is 6.58 Å². The summed E-state index contributed by atoms with van der Waals surface area (Å²) in [6.07, 6.45) is 1.87. The number of rotatable bonds is 2. The predicted molar refractivity (Wildman–Crippen MR) is 61.0 cm³/mol. The summed E-state index contributed by atoms with van der Waals surface area (Å²) in [6, 6.07) is 2.10. The second-order valence-corrected chi connectivity index (χ2v) is 3.50. The normalized spacial score (nSPS) is 11.6. The van der Waals surface area contributed by atoms with Crippen molar-refractivity contribution in [3.8, 4) is 0 Å². The van der Waals surface area contributed by atoms with Gasteiger partial charge in [0.15, 0.2) is 0 Å². The highest BCUT2D eigenvalue weighted by atomic mass is 14.7. The maximum atomic E-state index is 4.31. The Labute approximate surface area is 85.4 Å². The highest BCUT2D eigenvalue weighted by molar-refractivity contribution is 6.12. The van der Waals surface area contributed by atoms with Crippen LogP contribution in [0.2, 0.25) is 0 Å². The van der Waals surface area contributed by atoms with Crippen LogP contribution in [0.15, 0.2) is 29.4 Å². The fourth-order valence-corrected chi connectivity index (χ4v) is 1.42. The zero-order valence-corrected chi connectivity index (χ0v) is 9.26. The summed E-state index contributed by atoms with van der Waals surface area (Å²) in [5.74, 6) is 0. The number of aryl methyl sites for hydroxylation is 2. The largest absolute Gasteiger partial charge is 0.288 e. The highest BCUT2D eigenvalue weighted by Crippen LogP contribution is 2.12. The van der Waals surface area contributed by atoms with Crippen molar-refractivity contribution in [1.82, 2.24) is 4.98 Å². The van der Waals surface area contributed by atoms with Gasteiger partial charge >= 0.3 is 0 Å². The van der Waals surface area contributed by atoms with Crippen LogP contribution in [0.5, 0.6) is 0 Å². The van der Waals surface area contributed by atoms with Gasteiger partial charge in [-0.3, -0.25) is 9.98 Å². The molecule has 0 aliphatic carbocycles. The molecule has 0 radical (unpaired) electrons. The van der Waals surface area contributed by atoms with Gasteiger partial charge in [-0.15, -0.1) is 0 Å². The minimum Gasteiger partial charge on any atom is -0.288 e. The number of aliphatic imine (C=N–C) groups is 1. The number of pyridine rings is 1. The molecule has 1 rings (SSSR count). The first-order valence-corrected chi connectivity index (χ1v) is 4.62. The molecule has 1 heterocycles. The van der Waals surface area contributed by atoms with Crippen LogP contribution in [-0.4, -0.2) is 17.7 Å². The van der Waals surface area contributed by atoms with E-state index in [1.165, 1.54) is 0 Å². The molecule has 74 valence electrons. The molecule has 0 unspecified atom stereocenters. The van der Waals surface area contributed by atoms with Crippen molar-refractivity contribution < 1.29 is 0 Å². The van der Waals surface area contributed by atoms with E-state index >= 15 is 0 Å². The lowest BCUT2D eigenvalue weighted by molar-refractivity contribution is 1.15. The summed E-state index contributed by atoms with van der Waals surface area (Å²) in [6.45, 7) is 9.90. The minimum absolute atomic E-state index is 0.943.